The first-order valence-electron chi connectivity index (χ1n) is 15.0. The number of aliphatic hydroxyl groups is 4. The van der Waals surface area contributed by atoms with Gasteiger partial charge in [0, 0.05) is 36.0 Å². The van der Waals surface area contributed by atoms with Crippen LogP contribution in [0.2, 0.25) is 0 Å². The van der Waals surface area contributed by atoms with Gasteiger partial charge in [-0.25, -0.2) is 4.79 Å². The van der Waals surface area contributed by atoms with Crippen LogP contribution >= 0.6 is 0 Å². The van der Waals surface area contributed by atoms with E-state index in [9.17, 15) is 30.0 Å². The number of amides is 1. The van der Waals surface area contributed by atoms with Crippen LogP contribution in [0.25, 0.3) is 0 Å². The summed E-state index contributed by atoms with van der Waals surface area (Å²) in [5, 5.41) is 42.8. The SMILES string of the molecule is C=C/C=C\C(C)[C@H](OC(N)=O)[C@@H](C)[C@H](O)[C@@H](C)C/C(C)=C\C(C)C(O)[C@@H](C)/C=C\[C@@H](O)C[C@@H]1OC(=O)[C@H](C)C(O)C1C. The predicted molar refractivity (Wildman–Crippen MR) is 164 cm³/mol. The van der Waals surface area contributed by atoms with Gasteiger partial charge in [-0.3, -0.25) is 4.79 Å². The average Bonchev–Trinajstić information content (AvgIpc) is 2.93. The van der Waals surface area contributed by atoms with E-state index in [1.54, 1.807) is 38.2 Å². The highest BCUT2D eigenvalue weighted by molar-refractivity contribution is 5.73. The quantitative estimate of drug-likeness (QED) is 0.101. The van der Waals surface area contributed by atoms with Gasteiger partial charge in [-0.05, 0) is 26.2 Å². The van der Waals surface area contributed by atoms with Crippen molar-refractivity contribution in [2.45, 2.75) is 105 Å². The Morgan fingerprint density at radius 1 is 1.02 bits per heavy atom. The van der Waals surface area contributed by atoms with Gasteiger partial charge in [0.05, 0.1) is 30.3 Å². The number of esters is 1. The van der Waals surface area contributed by atoms with E-state index in [-0.39, 0.29) is 41.9 Å². The Morgan fingerprint density at radius 3 is 2.21 bits per heavy atom. The first-order valence-corrected chi connectivity index (χ1v) is 15.0. The summed E-state index contributed by atoms with van der Waals surface area (Å²) >= 11 is 0. The number of carbonyl (C=O) groups is 2. The number of cyclic esters (lactones) is 1. The van der Waals surface area contributed by atoms with Crippen molar-refractivity contribution in [2.24, 2.45) is 47.2 Å². The minimum Gasteiger partial charge on any atom is -0.462 e. The Kier molecular flexibility index (Phi) is 15.7. The Hall–Kier alpha value is -2.46. The Labute approximate surface area is 252 Å². The highest BCUT2D eigenvalue weighted by Crippen LogP contribution is 2.30. The van der Waals surface area contributed by atoms with Crippen molar-refractivity contribution in [3.05, 3.63) is 48.6 Å². The van der Waals surface area contributed by atoms with E-state index in [1.807, 2.05) is 53.7 Å². The van der Waals surface area contributed by atoms with E-state index < -0.39 is 54.6 Å². The lowest BCUT2D eigenvalue weighted by Crippen LogP contribution is -2.47. The van der Waals surface area contributed by atoms with E-state index in [0.717, 1.165) is 5.57 Å². The predicted octanol–water partition coefficient (Wildman–Crippen LogP) is 4.30. The van der Waals surface area contributed by atoms with E-state index in [4.69, 9.17) is 15.2 Å². The van der Waals surface area contributed by atoms with Gasteiger partial charge in [0.15, 0.2) is 0 Å². The third-order valence-corrected chi connectivity index (χ3v) is 8.62. The van der Waals surface area contributed by atoms with Gasteiger partial charge >= 0.3 is 12.1 Å². The van der Waals surface area contributed by atoms with Gasteiger partial charge in [0.2, 0.25) is 0 Å². The van der Waals surface area contributed by atoms with E-state index in [0.29, 0.717) is 6.42 Å². The molecular formula is C33H55NO8. The molecule has 42 heavy (non-hydrogen) atoms. The van der Waals surface area contributed by atoms with Crippen LogP contribution in [0.4, 0.5) is 4.79 Å². The van der Waals surface area contributed by atoms with Crippen molar-refractivity contribution in [3.63, 3.8) is 0 Å². The van der Waals surface area contributed by atoms with Crippen LogP contribution in [0.15, 0.2) is 48.6 Å². The minimum absolute atomic E-state index is 0.152. The number of allylic oxidation sites excluding steroid dienone is 3. The lowest BCUT2D eigenvalue weighted by Gasteiger charge is -2.36. The fraction of sp³-hybridized carbons (Fsp3) is 0.697. The van der Waals surface area contributed by atoms with Crippen molar-refractivity contribution in [2.75, 3.05) is 0 Å². The molecule has 5 unspecified atom stereocenters. The molecule has 1 fully saturated rings. The number of ether oxygens (including phenoxy) is 2. The van der Waals surface area contributed by atoms with E-state index in [1.165, 1.54) is 0 Å². The molecule has 6 N–H and O–H groups in total. The number of primary amides is 1. The maximum atomic E-state index is 12.0. The molecule has 9 nitrogen and oxygen atoms in total. The monoisotopic (exact) mass is 593 g/mol. The Morgan fingerprint density at radius 2 is 1.64 bits per heavy atom. The first-order chi connectivity index (χ1) is 19.5. The minimum atomic E-state index is -0.894. The fourth-order valence-corrected chi connectivity index (χ4v) is 5.80. The zero-order valence-electron chi connectivity index (χ0n) is 26.6. The van der Waals surface area contributed by atoms with Gasteiger partial charge in [-0.15, -0.1) is 0 Å². The third-order valence-electron chi connectivity index (χ3n) is 8.62. The molecule has 1 aliphatic rings. The molecule has 0 saturated carbocycles. The highest BCUT2D eigenvalue weighted by Gasteiger charge is 2.41. The summed E-state index contributed by atoms with van der Waals surface area (Å²) in [5.41, 5.74) is 6.30. The molecule has 1 heterocycles. The summed E-state index contributed by atoms with van der Waals surface area (Å²) in [5.74, 6) is -2.52. The van der Waals surface area contributed by atoms with Gasteiger partial charge in [-0.2, -0.15) is 0 Å². The van der Waals surface area contributed by atoms with Gasteiger partial charge in [0.25, 0.3) is 0 Å². The van der Waals surface area contributed by atoms with Gasteiger partial charge in [0.1, 0.15) is 12.2 Å². The lowest BCUT2D eigenvalue weighted by atomic mass is 9.81. The maximum Gasteiger partial charge on any atom is 0.404 e. The van der Waals surface area contributed by atoms with Crippen molar-refractivity contribution < 1.29 is 39.5 Å². The maximum absolute atomic E-state index is 12.0. The zero-order valence-corrected chi connectivity index (χ0v) is 26.6. The van der Waals surface area contributed by atoms with Crippen molar-refractivity contribution in [1.29, 1.82) is 0 Å². The van der Waals surface area contributed by atoms with Gasteiger partial charge in [-0.1, -0.05) is 90.2 Å². The summed E-state index contributed by atoms with van der Waals surface area (Å²) < 4.78 is 10.8. The van der Waals surface area contributed by atoms with E-state index >= 15 is 0 Å². The van der Waals surface area contributed by atoms with Crippen LogP contribution in [0, 0.1) is 41.4 Å². The summed E-state index contributed by atoms with van der Waals surface area (Å²) in [4.78, 5) is 23.5. The molecule has 0 aromatic heterocycles. The topological polar surface area (TPSA) is 160 Å². The largest absolute Gasteiger partial charge is 0.462 e. The molecule has 9 heteroatoms. The number of nitrogens with two attached hydrogens (primary N) is 1. The smallest absolute Gasteiger partial charge is 0.404 e. The lowest BCUT2D eigenvalue weighted by molar-refractivity contribution is -0.179. The second kappa shape index (κ2) is 17.6. The molecule has 0 aromatic carbocycles. The molecule has 1 amide bonds. The van der Waals surface area contributed by atoms with Crippen molar-refractivity contribution >= 4 is 12.1 Å². The van der Waals surface area contributed by atoms with Crippen LogP contribution in [0.1, 0.15) is 68.2 Å². The zero-order chi connectivity index (χ0) is 32.3. The van der Waals surface area contributed by atoms with Crippen LogP contribution in [0.5, 0.6) is 0 Å². The number of rotatable bonds is 16. The molecule has 0 bridgehead atoms. The second-order valence-corrected chi connectivity index (χ2v) is 12.4. The number of hydrogen-bond donors (Lipinski definition) is 5. The normalized spacial score (nSPS) is 28.3. The molecule has 0 radical (unpaired) electrons. The molecule has 0 aromatic rings. The molecule has 0 spiro atoms. The van der Waals surface area contributed by atoms with Crippen molar-refractivity contribution in [3.8, 4) is 0 Å². The van der Waals surface area contributed by atoms with Gasteiger partial charge < -0.3 is 35.6 Å². The van der Waals surface area contributed by atoms with Crippen LogP contribution in [0.3, 0.4) is 0 Å². The molecule has 1 aliphatic heterocycles. The molecular weight excluding hydrogens is 538 g/mol. The Bertz CT molecular complexity index is 962. The third kappa shape index (κ3) is 11.3. The average molecular weight is 594 g/mol. The fourth-order valence-electron chi connectivity index (χ4n) is 5.80. The van der Waals surface area contributed by atoms with Crippen LogP contribution in [-0.2, 0) is 14.3 Å². The first kappa shape index (κ1) is 37.6. The summed E-state index contributed by atoms with van der Waals surface area (Å²) in [6.45, 7) is 18.5. The molecule has 1 saturated heterocycles. The number of aliphatic hydroxyl groups excluding tert-OH is 4. The number of hydrogen-bond acceptors (Lipinski definition) is 8. The Balaban J connectivity index is 2.76. The summed E-state index contributed by atoms with van der Waals surface area (Å²) in [7, 11) is 0. The second-order valence-electron chi connectivity index (χ2n) is 12.4. The molecule has 0 aliphatic carbocycles. The van der Waals surface area contributed by atoms with Crippen LogP contribution in [-0.4, -0.2) is 69.1 Å². The van der Waals surface area contributed by atoms with E-state index in [2.05, 4.69) is 6.58 Å². The highest BCUT2D eigenvalue weighted by atomic mass is 16.6. The summed E-state index contributed by atoms with van der Waals surface area (Å²) in [6, 6.07) is 0. The molecule has 240 valence electrons. The molecule has 1 rings (SSSR count). The summed E-state index contributed by atoms with van der Waals surface area (Å²) in [6.07, 6.45) is 6.04. The standard InChI is InChI=1S/C33H55NO8/c1-10-11-12-20(4)31(42-33(34)40)24(8)29(37)22(6)16-18(2)15-21(5)28(36)19(3)13-14-26(35)17-27-23(7)30(38)25(9)32(39)41-27/h10-15,19-31,35-38H,1,16-17H2,2-9H3,(H2,34,40)/b12-11-,14-13-,18-15-/t19-,20?,21?,22-,23?,24-,25+,26+,27-,28?,29+,30?,31-/m0/s1. The number of carbonyl (C=O) groups excluding carboxylic acids is 2. The molecule has 13 atom stereocenters. The van der Waals surface area contributed by atoms with Crippen LogP contribution < -0.4 is 5.73 Å². The van der Waals surface area contributed by atoms with Crippen molar-refractivity contribution in [1.82, 2.24) is 0 Å².